The lowest BCUT2D eigenvalue weighted by Crippen LogP contribution is -2.10. The first-order chi connectivity index (χ1) is 7.54. The molecule has 90 valence electrons. The summed E-state index contributed by atoms with van der Waals surface area (Å²) in [7, 11) is 0. The Morgan fingerprint density at radius 2 is 0.938 bits per heavy atom. The fourth-order valence-corrected chi connectivity index (χ4v) is 2.51. The van der Waals surface area contributed by atoms with Crippen LogP contribution in [-0.2, 0) is 12.8 Å². The molecule has 0 saturated carbocycles. The number of rotatable bonds is 4. The molecule has 0 aliphatic carbocycles. The Hall–Kier alpha value is 0.400. The average molecular weight is 458 g/mol. The monoisotopic (exact) mass is 458 g/mol. The van der Waals surface area contributed by atoms with E-state index >= 15 is 0 Å². The molecule has 6 heteroatoms. The Labute approximate surface area is 118 Å². The van der Waals surface area contributed by atoms with Crippen LogP contribution in [0.2, 0.25) is 0 Å². The number of hydrogen-bond donors (Lipinski definition) is 0. The van der Waals surface area contributed by atoms with Gasteiger partial charge in [-0.1, -0.05) is 45.2 Å². The van der Waals surface area contributed by atoms with Crippen LogP contribution in [0, 0.1) is 23.3 Å². The molecule has 1 aromatic carbocycles. The zero-order valence-corrected chi connectivity index (χ0v) is 12.4. The van der Waals surface area contributed by atoms with Gasteiger partial charge in [-0.05, 0) is 24.0 Å². The summed E-state index contributed by atoms with van der Waals surface area (Å²) >= 11 is 3.96. The molecule has 0 aliphatic rings. The molecular formula is C10H8F4I2. The third-order valence-electron chi connectivity index (χ3n) is 2.16. The van der Waals surface area contributed by atoms with Crippen molar-refractivity contribution < 1.29 is 17.6 Å². The van der Waals surface area contributed by atoms with Gasteiger partial charge in [-0.15, -0.1) is 0 Å². The van der Waals surface area contributed by atoms with Crippen LogP contribution in [0.1, 0.15) is 11.1 Å². The highest BCUT2D eigenvalue weighted by Gasteiger charge is 2.24. The van der Waals surface area contributed by atoms with Crippen molar-refractivity contribution in [1.82, 2.24) is 0 Å². The van der Waals surface area contributed by atoms with Gasteiger partial charge in [0.1, 0.15) is 0 Å². The molecule has 0 atom stereocenters. The molecule has 0 saturated heterocycles. The van der Waals surface area contributed by atoms with Gasteiger partial charge in [-0.2, -0.15) is 0 Å². The van der Waals surface area contributed by atoms with Crippen LogP contribution in [0.3, 0.4) is 0 Å². The first-order valence-electron chi connectivity index (χ1n) is 4.50. The summed E-state index contributed by atoms with van der Waals surface area (Å²) in [6, 6.07) is 0. The SMILES string of the molecule is Fc1c(F)c(F)c(CCI)c(CCI)c1F. The topological polar surface area (TPSA) is 0 Å². The van der Waals surface area contributed by atoms with Gasteiger partial charge in [0.2, 0.25) is 0 Å². The van der Waals surface area contributed by atoms with Gasteiger partial charge in [0, 0.05) is 8.86 Å². The molecule has 0 N–H and O–H groups in total. The second-order valence-corrected chi connectivity index (χ2v) is 5.25. The van der Waals surface area contributed by atoms with E-state index in [2.05, 4.69) is 0 Å². The third kappa shape index (κ3) is 2.80. The van der Waals surface area contributed by atoms with E-state index in [1.54, 1.807) is 0 Å². The molecule has 0 spiro atoms. The quantitative estimate of drug-likeness (QED) is 0.209. The second-order valence-electron chi connectivity index (χ2n) is 3.09. The largest absolute Gasteiger partial charge is 0.203 e. The zero-order valence-electron chi connectivity index (χ0n) is 8.10. The standard InChI is InChI=1S/C10H8F4I2/c11-7-5(1-3-15)6(2-4-16)8(12)10(14)9(7)13/h1-4H2. The summed E-state index contributed by atoms with van der Waals surface area (Å²) in [5, 5.41) is 0. The first-order valence-corrected chi connectivity index (χ1v) is 7.55. The number of alkyl halides is 2. The van der Waals surface area contributed by atoms with Crippen LogP contribution in [0.15, 0.2) is 0 Å². The lowest BCUT2D eigenvalue weighted by molar-refractivity contribution is 0.399. The van der Waals surface area contributed by atoms with E-state index in [1.807, 2.05) is 45.2 Å². The molecule has 0 bridgehead atoms. The van der Waals surface area contributed by atoms with E-state index in [9.17, 15) is 17.6 Å². The maximum atomic E-state index is 13.4. The Kier molecular flexibility index (Phi) is 5.75. The van der Waals surface area contributed by atoms with Crippen molar-refractivity contribution in [3.63, 3.8) is 0 Å². The van der Waals surface area contributed by atoms with Crippen molar-refractivity contribution in [2.75, 3.05) is 8.86 Å². The summed E-state index contributed by atoms with van der Waals surface area (Å²) in [6.07, 6.45) is 0.402. The maximum Gasteiger partial charge on any atom is 0.197 e. The number of benzene rings is 1. The van der Waals surface area contributed by atoms with Crippen LogP contribution < -0.4 is 0 Å². The predicted molar refractivity (Wildman–Crippen MR) is 71.5 cm³/mol. The van der Waals surface area contributed by atoms with Crippen LogP contribution >= 0.6 is 45.2 Å². The summed E-state index contributed by atoms with van der Waals surface area (Å²) in [5.41, 5.74) is -0.0788. The fourth-order valence-electron chi connectivity index (χ4n) is 1.43. The number of halogens is 6. The van der Waals surface area contributed by atoms with Crippen molar-refractivity contribution in [3.8, 4) is 0 Å². The van der Waals surface area contributed by atoms with Crippen LogP contribution in [-0.4, -0.2) is 8.86 Å². The first kappa shape index (κ1) is 14.5. The van der Waals surface area contributed by atoms with Crippen molar-refractivity contribution in [1.29, 1.82) is 0 Å². The van der Waals surface area contributed by atoms with Gasteiger partial charge < -0.3 is 0 Å². The van der Waals surface area contributed by atoms with Crippen LogP contribution in [0.5, 0.6) is 0 Å². The fraction of sp³-hybridized carbons (Fsp3) is 0.400. The van der Waals surface area contributed by atoms with Crippen molar-refractivity contribution in [2.24, 2.45) is 0 Å². The molecular weight excluding hydrogens is 450 g/mol. The molecule has 0 unspecified atom stereocenters. The maximum absolute atomic E-state index is 13.4. The molecule has 0 heterocycles. The van der Waals surface area contributed by atoms with E-state index in [0.29, 0.717) is 8.86 Å². The highest BCUT2D eigenvalue weighted by atomic mass is 127. The average Bonchev–Trinajstić information content (AvgIpc) is 2.28. The molecule has 1 rings (SSSR count). The van der Waals surface area contributed by atoms with E-state index in [-0.39, 0.29) is 24.0 Å². The minimum absolute atomic E-state index is 0.0394. The molecule has 1 aromatic rings. The highest BCUT2D eigenvalue weighted by molar-refractivity contribution is 14.1. The van der Waals surface area contributed by atoms with Gasteiger partial charge in [0.15, 0.2) is 23.3 Å². The van der Waals surface area contributed by atoms with E-state index in [1.165, 1.54) is 0 Å². The lowest BCUT2D eigenvalue weighted by Gasteiger charge is -2.11. The Morgan fingerprint density at radius 3 is 1.19 bits per heavy atom. The smallest absolute Gasteiger partial charge is 0.197 e. The highest BCUT2D eigenvalue weighted by Crippen LogP contribution is 2.26. The molecule has 0 fully saturated rings. The van der Waals surface area contributed by atoms with Gasteiger partial charge in [-0.25, -0.2) is 17.6 Å². The van der Waals surface area contributed by atoms with Gasteiger partial charge >= 0.3 is 0 Å². The molecule has 0 aliphatic heterocycles. The third-order valence-corrected chi connectivity index (χ3v) is 3.24. The molecule has 0 amide bonds. The second kappa shape index (κ2) is 6.36. The Morgan fingerprint density at radius 1 is 0.625 bits per heavy atom. The predicted octanol–water partition coefficient (Wildman–Crippen LogP) is 4.20. The molecule has 16 heavy (non-hydrogen) atoms. The van der Waals surface area contributed by atoms with Gasteiger partial charge in [0.05, 0.1) is 0 Å². The Balaban J connectivity index is 3.42. The number of hydrogen-bond acceptors (Lipinski definition) is 0. The van der Waals surface area contributed by atoms with Gasteiger partial charge in [0.25, 0.3) is 0 Å². The van der Waals surface area contributed by atoms with E-state index < -0.39 is 23.3 Å². The molecule has 0 aromatic heterocycles. The van der Waals surface area contributed by atoms with Gasteiger partial charge in [-0.3, -0.25) is 0 Å². The van der Waals surface area contributed by atoms with Crippen molar-refractivity contribution >= 4 is 45.2 Å². The van der Waals surface area contributed by atoms with E-state index in [4.69, 9.17) is 0 Å². The normalized spacial score (nSPS) is 10.9. The minimum atomic E-state index is -1.71. The van der Waals surface area contributed by atoms with E-state index in [0.717, 1.165) is 0 Å². The minimum Gasteiger partial charge on any atom is -0.203 e. The Bertz CT molecular complexity index is 356. The summed E-state index contributed by atoms with van der Waals surface area (Å²) < 4.78 is 53.9. The lowest BCUT2D eigenvalue weighted by atomic mass is 10.0. The van der Waals surface area contributed by atoms with Crippen LogP contribution in [0.25, 0.3) is 0 Å². The van der Waals surface area contributed by atoms with Crippen molar-refractivity contribution in [3.05, 3.63) is 34.4 Å². The summed E-state index contributed by atoms with van der Waals surface area (Å²) in [5.74, 6) is -5.94. The summed E-state index contributed by atoms with van der Waals surface area (Å²) in [6.45, 7) is 0. The zero-order chi connectivity index (χ0) is 12.3. The van der Waals surface area contributed by atoms with Crippen LogP contribution in [0.4, 0.5) is 17.6 Å². The molecule has 0 nitrogen and oxygen atoms in total. The van der Waals surface area contributed by atoms with Crippen molar-refractivity contribution in [2.45, 2.75) is 12.8 Å². The summed E-state index contributed by atoms with van der Waals surface area (Å²) in [4.78, 5) is 0. The molecule has 0 radical (unpaired) electrons.